The number of thioether (sulfide) groups is 1. The molecule has 0 bridgehead atoms. The Morgan fingerprint density at radius 3 is 2.67 bits per heavy atom. The van der Waals surface area contributed by atoms with E-state index in [1.54, 1.807) is 6.07 Å². The Labute approximate surface area is 167 Å². The lowest BCUT2D eigenvalue weighted by atomic mass is 10.1. The van der Waals surface area contributed by atoms with Crippen molar-refractivity contribution in [3.8, 4) is 0 Å². The van der Waals surface area contributed by atoms with Gasteiger partial charge in [-0.1, -0.05) is 47.1 Å². The molecule has 140 valence electrons. The minimum atomic E-state index is -0.504. The molecule has 2 aromatic carbocycles. The fourth-order valence-corrected chi connectivity index (χ4v) is 3.85. The normalized spacial score (nSPS) is 17.9. The number of amides is 2. The number of nitrogens with zero attached hydrogens (tertiary/aromatic N) is 1. The Morgan fingerprint density at radius 1 is 1.19 bits per heavy atom. The minimum absolute atomic E-state index is 0.0808. The zero-order valence-corrected chi connectivity index (χ0v) is 16.9. The summed E-state index contributed by atoms with van der Waals surface area (Å²) in [5.41, 5.74) is 4.51. The summed E-state index contributed by atoms with van der Waals surface area (Å²) in [6.07, 6.45) is 0.0808. The molecule has 3 rings (SSSR count). The van der Waals surface area contributed by atoms with Gasteiger partial charge in [-0.05, 0) is 50.1 Å². The van der Waals surface area contributed by atoms with Crippen molar-refractivity contribution in [1.29, 1.82) is 0 Å². The predicted octanol–water partition coefficient (Wildman–Crippen LogP) is 4.51. The molecule has 1 saturated heterocycles. The van der Waals surface area contributed by atoms with Gasteiger partial charge in [0.1, 0.15) is 5.25 Å². The van der Waals surface area contributed by atoms with E-state index in [9.17, 15) is 9.59 Å². The number of anilines is 1. The van der Waals surface area contributed by atoms with Crippen LogP contribution in [0, 0.1) is 20.8 Å². The second kappa shape index (κ2) is 8.15. The highest BCUT2D eigenvalue weighted by Crippen LogP contribution is 2.28. The van der Waals surface area contributed by atoms with Gasteiger partial charge in [-0.3, -0.25) is 9.59 Å². The van der Waals surface area contributed by atoms with Crippen molar-refractivity contribution in [3.63, 3.8) is 0 Å². The van der Waals surface area contributed by atoms with Crippen molar-refractivity contribution in [2.75, 3.05) is 5.32 Å². The summed E-state index contributed by atoms with van der Waals surface area (Å²) in [6.45, 7) is 5.85. The third-order valence-corrected chi connectivity index (χ3v) is 5.68. The van der Waals surface area contributed by atoms with Crippen LogP contribution in [-0.2, 0) is 9.59 Å². The quantitative estimate of drug-likeness (QED) is 0.791. The van der Waals surface area contributed by atoms with Gasteiger partial charge in [0.2, 0.25) is 11.8 Å². The summed E-state index contributed by atoms with van der Waals surface area (Å²) >= 11 is 7.36. The number of aliphatic imine (C=N–C) groups is 1. The molecule has 1 aliphatic heterocycles. The number of aryl methyl sites for hydroxylation is 3. The fraction of sp³-hybridized carbons (Fsp3) is 0.250. The van der Waals surface area contributed by atoms with E-state index in [0.29, 0.717) is 15.9 Å². The van der Waals surface area contributed by atoms with E-state index in [4.69, 9.17) is 11.6 Å². The molecule has 1 aliphatic rings. The zero-order valence-electron chi connectivity index (χ0n) is 15.3. The van der Waals surface area contributed by atoms with Crippen LogP contribution in [0.25, 0.3) is 0 Å². The summed E-state index contributed by atoms with van der Waals surface area (Å²) in [7, 11) is 0. The van der Waals surface area contributed by atoms with Gasteiger partial charge < -0.3 is 10.6 Å². The van der Waals surface area contributed by atoms with E-state index in [2.05, 4.69) is 15.6 Å². The summed E-state index contributed by atoms with van der Waals surface area (Å²) < 4.78 is 0. The highest BCUT2D eigenvalue weighted by atomic mass is 35.5. The van der Waals surface area contributed by atoms with Crippen LogP contribution in [0.4, 0.5) is 11.4 Å². The van der Waals surface area contributed by atoms with Gasteiger partial charge in [-0.25, -0.2) is 4.99 Å². The summed E-state index contributed by atoms with van der Waals surface area (Å²) in [6, 6.07) is 11.3. The molecular weight excluding hydrogens is 382 g/mol. The summed E-state index contributed by atoms with van der Waals surface area (Å²) in [4.78, 5) is 28.9. The first kappa shape index (κ1) is 19.5. The first-order valence-corrected chi connectivity index (χ1v) is 9.77. The second-order valence-corrected chi connectivity index (χ2v) is 8.12. The molecule has 2 N–H and O–H groups in total. The smallest absolute Gasteiger partial charge is 0.240 e. The van der Waals surface area contributed by atoms with Crippen LogP contribution in [0.1, 0.15) is 23.1 Å². The highest BCUT2D eigenvalue weighted by molar-refractivity contribution is 8.15. The molecule has 2 amide bonds. The van der Waals surface area contributed by atoms with Crippen LogP contribution >= 0.6 is 23.4 Å². The third-order valence-electron chi connectivity index (χ3n) is 4.19. The van der Waals surface area contributed by atoms with Crippen molar-refractivity contribution < 1.29 is 9.59 Å². The van der Waals surface area contributed by atoms with E-state index in [0.717, 1.165) is 22.4 Å². The van der Waals surface area contributed by atoms with E-state index in [1.807, 2.05) is 51.1 Å². The molecule has 0 spiro atoms. The Balaban J connectivity index is 1.64. The standard InChI is InChI=1S/C20H20ClN3O2S/c1-11-4-7-16(13(3)8-11)23-18(25)10-17-19(26)24-20(27-17)22-14-6-5-12(2)15(21)9-14/h4-9,17H,10H2,1-3H3,(H,23,25)(H,22,24,26)/t17-/m1/s1. The van der Waals surface area contributed by atoms with Gasteiger partial charge in [0.05, 0.1) is 5.69 Å². The fourth-order valence-electron chi connectivity index (χ4n) is 2.68. The minimum Gasteiger partial charge on any atom is -0.326 e. The Morgan fingerprint density at radius 2 is 1.96 bits per heavy atom. The zero-order chi connectivity index (χ0) is 19.6. The molecule has 1 atom stereocenters. The number of benzene rings is 2. The third kappa shape index (κ3) is 4.90. The number of amidine groups is 1. The molecule has 0 unspecified atom stereocenters. The maximum absolute atomic E-state index is 12.3. The first-order valence-electron chi connectivity index (χ1n) is 8.51. The Hall–Kier alpha value is -2.31. The molecule has 0 aromatic heterocycles. The lowest BCUT2D eigenvalue weighted by Gasteiger charge is -2.10. The number of hydrogen-bond acceptors (Lipinski definition) is 4. The van der Waals surface area contributed by atoms with Gasteiger partial charge in [0.25, 0.3) is 0 Å². The van der Waals surface area contributed by atoms with Gasteiger partial charge in [-0.15, -0.1) is 0 Å². The average Bonchev–Trinajstić information content (AvgIpc) is 2.93. The van der Waals surface area contributed by atoms with Gasteiger partial charge >= 0.3 is 0 Å². The van der Waals surface area contributed by atoms with Crippen LogP contribution in [-0.4, -0.2) is 22.2 Å². The number of rotatable bonds is 4. The topological polar surface area (TPSA) is 70.6 Å². The molecule has 1 fully saturated rings. The molecule has 0 radical (unpaired) electrons. The number of halogens is 1. The van der Waals surface area contributed by atoms with E-state index < -0.39 is 5.25 Å². The lowest BCUT2D eigenvalue weighted by Crippen LogP contribution is -2.28. The number of carbonyl (C=O) groups excluding carboxylic acids is 2. The van der Waals surface area contributed by atoms with Crippen LogP contribution < -0.4 is 10.6 Å². The summed E-state index contributed by atoms with van der Waals surface area (Å²) in [5.74, 6) is -0.415. The molecule has 5 nitrogen and oxygen atoms in total. The number of carbonyl (C=O) groups is 2. The van der Waals surface area contributed by atoms with Gasteiger partial charge in [-0.2, -0.15) is 0 Å². The Kier molecular flexibility index (Phi) is 5.87. The molecule has 0 aliphatic carbocycles. The summed E-state index contributed by atoms with van der Waals surface area (Å²) in [5, 5.41) is 6.19. The number of hydrogen-bond donors (Lipinski definition) is 2. The van der Waals surface area contributed by atoms with Crippen LogP contribution in [0.5, 0.6) is 0 Å². The molecule has 2 aromatic rings. The largest absolute Gasteiger partial charge is 0.326 e. The van der Waals surface area contributed by atoms with E-state index in [-0.39, 0.29) is 18.2 Å². The van der Waals surface area contributed by atoms with Gasteiger partial charge in [0, 0.05) is 17.1 Å². The second-order valence-electron chi connectivity index (χ2n) is 6.52. The van der Waals surface area contributed by atoms with Crippen molar-refractivity contribution in [2.45, 2.75) is 32.4 Å². The SMILES string of the molecule is Cc1ccc(NC(=O)C[C@H]2SC(=Nc3ccc(C)c(Cl)c3)NC2=O)c(C)c1. The predicted molar refractivity (Wildman–Crippen MR) is 112 cm³/mol. The molecule has 1 heterocycles. The van der Waals surface area contributed by atoms with Crippen LogP contribution in [0.3, 0.4) is 0 Å². The van der Waals surface area contributed by atoms with Crippen LogP contribution in [0.2, 0.25) is 5.02 Å². The monoisotopic (exact) mass is 401 g/mol. The van der Waals surface area contributed by atoms with Crippen molar-refractivity contribution >= 4 is 51.7 Å². The molecule has 7 heteroatoms. The first-order chi connectivity index (χ1) is 12.8. The highest BCUT2D eigenvalue weighted by Gasteiger charge is 2.32. The van der Waals surface area contributed by atoms with E-state index in [1.165, 1.54) is 11.8 Å². The molecule has 27 heavy (non-hydrogen) atoms. The Bertz CT molecular complexity index is 943. The molecular formula is C20H20ClN3O2S. The maximum Gasteiger partial charge on any atom is 0.240 e. The lowest BCUT2D eigenvalue weighted by molar-refractivity contribution is -0.122. The molecule has 0 saturated carbocycles. The van der Waals surface area contributed by atoms with Crippen molar-refractivity contribution in [3.05, 3.63) is 58.1 Å². The van der Waals surface area contributed by atoms with Gasteiger partial charge in [0.15, 0.2) is 5.17 Å². The average molecular weight is 402 g/mol. The van der Waals surface area contributed by atoms with E-state index >= 15 is 0 Å². The maximum atomic E-state index is 12.3. The van der Waals surface area contributed by atoms with Crippen LogP contribution in [0.15, 0.2) is 41.4 Å². The number of nitrogens with one attached hydrogen (secondary N) is 2. The van der Waals surface area contributed by atoms with Crippen molar-refractivity contribution in [1.82, 2.24) is 5.32 Å². The van der Waals surface area contributed by atoms with Crippen molar-refractivity contribution in [2.24, 2.45) is 4.99 Å².